The van der Waals surface area contributed by atoms with Gasteiger partial charge in [-0.3, -0.25) is 4.79 Å². The van der Waals surface area contributed by atoms with E-state index in [0.29, 0.717) is 13.0 Å². The van der Waals surface area contributed by atoms with E-state index in [1.54, 1.807) is 4.90 Å². The molecule has 0 fully saturated rings. The van der Waals surface area contributed by atoms with Crippen LogP contribution in [0.2, 0.25) is 0 Å². The maximum Gasteiger partial charge on any atom is 0.227 e. The van der Waals surface area contributed by atoms with Crippen molar-refractivity contribution in [3.05, 3.63) is 34.9 Å². The Bertz CT molecular complexity index is 438. The summed E-state index contributed by atoms with van der Waals surface area (Å²) < 4.78 is 0. The van der Waals surface area contributed by atoms with E-state index in [1.807, 2.05) is 27.0 Å². The Morgan fingerprint density at radius 3 is 2.39 bits per heavy atom. The van der Waals surface area contributed by atoms with Crippen molar-refractivity contribution in [3.63, 3.8) is 0 Å². The molecule has 0 aliphatic heterocycles. The fraction of sp³-hybridized carbons (Fsp3) is 0.533. The van der Waals surface area contributed by atoms with Gasteiger partial charge in [0.05, 0.1) is 6.42 Å². The minimum Gasteiger partial charge on any atom is -0.339 e. The van der Waals surface area contributed by atoms with Crippen LogP contribution in [0.4, 0.5) is 0 Å². The Morgan fingerprint density at radius 2 is 1.89 bits per heavy atom. The van der Waals surface area contributed by atoms with Gasteiger partial charge in [-0.1, -0.05) is 18.2 Å². The molecular weight excluding hydrogens is 224 g/mol. The maximum absolute atomic E-state index is 12.2. The first-order chi connectivity index (χ1) is 8.27. The standard InChI is InChI=1S/C15H24N2O/c1-11-6-7-13(8-12(11)2)9-14(18)17(5)15(3,4)10-16/h6-8H,9-10,16H2,1-5H3. The summed E-state index contributed by atoms with van der Waals surface area (Å²) in [5.74, 6) is 0.105. The zero-order chi connectivity index (χ0) is 13.9. The number of nitrogens with two attached hydrogens (primary N) is 1. The average molecular weight is 248 g/mol. The second-order valence-electron chi connectivity index (χ2n) is 5.56. The maximum atomic E-state index is 12.2. The molecule has 100 valence electrons. The van der Waals surface area contributed by atoms with Crippen LogP contribution >= 0.6 is 0 Å². The largest absolute Gasteiger partial charge is 0.339 e. The molecule has 0 aliphatic rings. The van der Waals surface area contributed by atoms with Crippen molar-refractivity contribution in [1.29, 1.82) is 0 Å². The second-order valence-corrected chi connectivity index (χ2v) is 5.56. The highest BCUT2D eigenvalue weighted by Crippen LogP contribution is 2.15. The van der Waals surface area contributed by atoms with Crippen molar-refractivity contribution in [2.75, 3.05) is 13.6 Å². The van der Waals surface area contributed by atoms with Crippen LogP contribution in [0.1, 0.15) is 30.5 Å². The molecular formula is C15H24N2O. The second kappa shape index (κ2) is 5.53. The third-order valence-corrected chi connectivity index (χ3v) is 3.71. The van der Waals surface area contributed by atoms with Crippen LogP contribution in [-0.2, 0) is 11.2 Å². The Hall–Kier alpha value is -1.35. The van der Waals surface area contributed by atoms with Gasteiger partial charge in [-0.25, -0.2) is 0 Å². The molecule has 1 aromatic rings. The molecule has 0 atom stereocenters. The van der Waals surface area contributed by atoms with Crippen molar-refractivity contribution >= 4 is 5.91 Å². The molecule has 1 aromatic carbocycles. The third-order valence-electron chi connectivity index (χ3n) is 3.71. The van der Waals surface area contributed by atoms with E-state index in [-0.39, 0.29) is 11.4 Å². The molecule has 0 bridgehead atoms. The molecule has 1 amide bonds. The predicted octanol–water partition coefficient (Wildman–Crippen LogP) is 2.04. The summed E-state index contributed by atoms with van der Waals surface area (Å²) in [4.78, 5) is 13.9. The lowest BCUT2D eigenvalue weighted by Crippen LogP contribution is -2.50. The minimum atomic E-state index is -0.295. The van der Waals surface area contributed by atoms with E-state index < -0.39 is 0 Å². The molecule has 0 heterocycles. The zero-order valence-electron chi connectivity index (χ0n) is 12.1. The van der Waals surface area contributed by atoms with Crippen molar-refractivity contribution in [2.45, 2.75) is 39.7 Å². The molecule has 3 nitrogen and oxygen atoms in total. The van der Waals surface area contributed by atoms with Gasteiger partial charge in [0.25, 0.3) is 0 Å². The Kier molecular flexibility index (Phi) is 4.52. The van der Waals surface area contributed by atoms with Crippen LogP contribution in [0.25, 0.3) is 0 Å². The summed E-state index contributed by atoms with van der Waals surface area (Å²) in [6, 6.07) is 6.16. The highest BCUT2D eigenvalue weighted by atomic mass is 16.2. The van der Waals surface area contributed by atoms with Crippen LogP contribution in [0.15, 0.2) is 18.2 Å². The lowest BCUT2D eigenvalue weighted by atomic mass is 10.0. The molecule has 3 heteroatoms. The summed E-state index contributed by atoms with van der Waals surface area (Å²) in [5.41, 5.74) is 8.93. The van der Waals surface area contributed by atoms with E-state index in [2.05, 4.69) is 26.0 Å². The van der Waals surface area contributed by atoms with Gasteiger partial charge in [0.1, 0.15) is 0 Å². The molecule has 0 unspecified atom stereocenters. The van der Waals surface area contributed by atoms with Crippen LogP contribution in [-0.4, -0.2) is 29.9 Å². The summed E-state index contributed by atoms with van der Waals surface area (Å²) in [6.07, 6.45) is 0.432. The van der Waals surface area contributed by atoms with Gasteiger partial charge in [0.15, 0.2) is 0 Å². The lowest BCUT2D eigenvalue weighted by molar-refractivity contribution is -0.133. The Balaban J connectivity index is 2.78. The molecule has 0 saturated carbocycles. The fourth-order valence-corrected chi connectivity index (χ4v) is 1.68. The minimum absolute atomic E-state index is 0.105. The fourth-order valence-electron chi connectivity index (χ4n) is 1.68. The number of benzene rings is 1. The van der Waals surface area contributed by atoms with Gasteiger partial charge in [0, 0.05) is 19.1 Å². The van der Waals surface area contributed by atoms with Crippen LogP contribution < -0.4 is 5.73 Å². The number of amides is 1. The molecule has 0 aliphatic carbocycles. The quantitative estimate of drug-likeness (QED) is 0.886. The Morgan fingerprint density at radius 1 is 1.28 bits per heavy atom. The third kappa shape index (κ3) is 3.33. The first-order valence-electron chi connectivity index (χ1n) is 6.31. The number of rotatable bonds is 4. The van der Waals surface area contributed by atoms with Crippen molar-refractivity contribution in [2.24, 2.45) is 5.73 Å². The van der Waals surface area contributed by atoms with Crippen LogP contribution in [0.5, 0.6) is 0 Å². The number of hydrogen-bond donors (Lipinski definition) is 1. The average Bonchev–Trinajstić information content (AvgIpc) is 2.32. The first kappa shape index (κ1) is 14.7. The summed E-state index contributed by atoms with van der Waals surface area (Å²) in [7, 11) is 1.82. The smallest absolute Gasteiger partial charge is 0.227 e. The van der Waals surface area contributed by atoms with E-state index >= 15 is 0 Å². The monoisotopic (exact) mass is 248 g/mol. The summed E-state index contributed by atoms with van der Waals surface area (Å²) in [6.45, 7) is 8.56. The molecule has 0 aromatic heterocycles. The summed E-state index contributed by atoms with van der Waals surface area (Å²) in [5, 5.41) is 0. The molecule has 0 spiro atoms. The SMILES string of the molecule is Cc1ccc(CC(=O)N(C)C(C)(C)CN)cc1C. The van der Waals surface area contributed by atoms with E-state index in [0.717, 1.165) is 5.56 Å². The van der Waals surface area contributed by atoms with Crippen LogP contribution in [0.3, 0.4) is 0 Å². The van der Waals surface area contributed by atoms with Crippen molar-refractivity contribution < 1.29 is 4.79 Å². The number of nitrogens with zero attached hydrogens (tertiary/aromatic N) is 1. The lowest BCUT2D eigenvalue weighted by Gasteiger charge is -2.34. The number of hydrogen-bond acceptors (Lipinski definition) is 2. The van der Waals surface area contributed by atoms with Gasteiger partial charge < -0.3 is 10.6 Å². The van der Waals surface area contributed by atoms with Crippen molar-refractivity contribution in [1.82, 2.24) is 4.90 Å². The molecule has 18 heavy (non-hydrogen) atoms. The molecule has 0 saturated heterocycles. The van der Waals surface area contributed by atoms with Gasteiger partial charge in [-0.2, -0.15) is 0 Å². The highest BCUT2D eigenvalue weighted by Gasteiger charge is 2.25. The molecule has 2 N–H and O–H groups in total. The van der Waals surface area contributed by atoms with Crippen LogP contribution in [0, 0.1) is 13.8 Å². The zero-order valence-corrected chi connectivity index (χ0v) is 12.1. The topological polar surface area (TPSA) is 46.3 Å². The number of carbonyl (C=O) groups is 1. The van der Waals surface area contributed by atoms with E-state index in [1.165, 1.54) is 11.1 Å². The molecule has 1 rings (SSSR count). The van der Waals surface area contributed by atoms with E-state index in [4.69, 9.17) is 5.73 Å². The number of aryl methyl sites for hydroxylation is 2. The van der Waals surface area contributed by atoms with Gasteiger partial charge >= 0.3 is 0 Å². The predicted molar refractivity (Wildman–Crippen MR) is 75.5 cm³/mol. The van der Waals surface area contributed by atoms with Crippen molar-refractivity contribution in [3.8, 4) is 0 Å². The summed E-state index contributed by atoms with van der Waals surface area (Å²) >= 11 is 0. The van der Waals surface area contributed by atoms with E-state index in [9.17, 15) is 4.79 Å². The molecule has 0 radical (unpaired) electrons. The highest BCUT2D eigenvalue weighted by molar-refractivity contribution is 5.79. The number of carbonyl (C=O) groups excluding carboxylic acids is 1. The van der Waals surface area contributed by atoms with Gasteiger partial charge in [-0.15, -0.1) is 0 Å². The van der Waals surface area contributed by atoms with Gasteiger partial charge in [-0.05, 0) is 44.4 Å². The normalized spacial score (nSPS) is 11.4. The number of likely N-dealkylation sites (N-methyl/N-ethyl adjacent to an activating group) is 1. The Labute approximate surface area is 110 Å². The van der Waals surface area contributed by atoms with Gasteiger partial charge in [0.2, 0.25) is 5.91 Å². The first-order valence-corrected chi connectivity index (χ1v) is 6.31.